The fourth-order valence-corrected chi connectivity index (χ4v) is 5.14. The van der Waals surface area contributed by atoms with Gasteiger partial charge < -0.3 is 5.73 Å². The van der Waals surface area contributed by atoms with E-state index in [1.165, 1.54) is 4.31 Å². The lowest BCUT2D eigenvalue weighted by Gasteiger charge is -2.31. The van der Waals surface area contributed by atoms with Crippen molar-refractivity contribution in [2.45, 2.75) is 43.4 Å². The third kappa shape index (κ3) is 3.91. The largest absolute Gasteiger partial charge is 0.365 e. The first-order valence-corrected chi connectivity index (χ1v) is 10.6. The number of carbonyl (C=O) groups excluding carboxylic acids is 1. The number of aryl methyl sites for hydroxylation is 1. The SMILES string of the molecule is CC(C)c1cccc(S(=O)(=O)N2CCCC(c3nn(C)cc3C(N)=O)C2)c1. The summed E-state index contributed by atoms with van der Waals surface area (Å²) >= 11 is 0. The predicted octanol–water partition coefficient (Wildman–Crippen LogP) is 2.21. The zero-order chi connectivity index (χ0) is 19.8. The number of hydrogen-bond donors (Lipinski definition) is 1. The number of sulfonamides is 1. The van der Waals surface area contributed by atoms with Gasteiger partial charge in [-0.05, 0) is 36.5 Å². The van der Waals surface area contributed by atoms with Crippen molar-refractivity contribution in [3.63, 3.8) is 0 Å². The molecule has 1 aliphatic heterocycles. The average molecular weight is 391 g/mol. The zero-order valence-electron chi connectivity index (χ0n) is 15.9. The van der Waals surface area contributed by atoms with Crippen LogP contribution in [0.2, 0.25) is 0 Å². The number of primary amides is 1. The first-order valence-electron chi connectivity index (χ1n) is 9.13. The Balaban J connectivity index is 1.90. The van der Waals surface area contributed by atoms with E-state index in [1.807, 2.05) is 19.9 Å². The summed E-state index contributed by atoms with van der Waals surface area (Å²) in [7, 11) is -1.88. The smallest absolute Gasteiger partial charge is 0.252 e. The Morgan fingerprint density at radius 3 is 2.74 bits per heavy atom. The van der Waals surface area contributed by atoms with Crippen molar-refractivity contribution >= 4 is 15.9 Å². The summed E-state index contributed by atoms with van der Waals surface area (Å²) in [6.07, 6.45) is 3.08. The molecule has 27 heavy (non-hydrogen) atoms. The van der Waals surface area contributed by atoms with Crippen molar-refractivity contribution in [2.75, 3.05) is 13.1 Å². The van der Waals surface area contributed by atoms with E-state index in [2.05, 4.69) is 5.10 Å². The van der Waals surface area contributed by atoms with E-state index in [9.17, 15) is 13.2 Å². The molecule has 1 saturated heterocycles. The summed E-state index contributed by atoms with van der Waals surface area (Å²) in [6.45, 7) is 4.83. The topological polar surface area (TPSA) is 98.3 Å². The Labute approximate surface area is 160 Å². The molecule has 7 nitrogen and oxygen atoms in total. The summed E-state index contributed by atoms with van der Waals surface area (Å²) in [5, 5.41) is 4.38. The van der Waals surface area contributed by atoms with Crippen molar-refractivity contribution in [3.05, 3.63) is 47.3 Å². The molecule has 0 aliphatic carbocycles. The molecule has 1 aromatic heterocycles. The van der Waals surface area contributed by atoms with Gasteiger partial charge in [0.05, 0.1) is 16.2 Å². The summed E-state index contributed by atoms with van der Waals surface area (Å²) in [5.41, 5.74) is 7.41. The summed E-state index contributed by atoms with van der Waals surface area (Å²) in [5.74, 6) is -0.436. The standard InChI is InChI=1S/C19H26N4O3S/c1-13(2)14-6-4-8-16(10-14)27(25,26)23-9-5-7-15(11-23)18-17(19(20)24)12-22(3)21-18/h4,6,8,10,12-13,15H,5,7,9,11H2,1-3H3,(H2,20,24). The molecule has 0 bridgehead atoms. The predicted molar refractivity (Wildman–Crippen MR) is 103 cm³/mol. The van der Waals surface area contributed by atoms with Gasteiger partial charge in [0.15, 0.2) is 0 Å². The van der Waals surface area contributed by atoms with Crippen molar-refractivity contribution in [2.24, 2.45) is 12.8 Å². The molecule has 1 aliphatic rings. The second-order valence-corrected chi connectivity index (χ2v) is 9.33. The molecule has 8 heteroatoms. The molecule has 3 rings (SSSR count). The highest BCUT2D eigenvalue weighted by Gasteiger charge is 2.33. The summed E-state index contributed by atoms with van der Waals surface area (Å²) < 4.78 is 29.4. The van der Waals surface area contributed by atoms with Gasteiger partial charge in [-0.15, -0.1) is 0 Å². The molecule has 2 aromatic rings. The molecule has 0 spiro atoms. The molecule has 146 valence electrons. The summed E-state index contributed by atoms with van der Waals surface area (Å²) in [4.78, 5) is 12.0. The van der Waals surface area contributed by atoms with Crippen LogP contribution in [-0.4, -0.2) is 41.5 Å². The zero-order valence-corrected chi connectivity index (χ0v) is 16.7. The van der Waals surface area contributed by atoms with E-state index >= 15 is 0 Å². The number of benzene rings is 1. The van der Waals surface area contributed by atoms with Crippen LogP contribution in [0.3, 0.4) is 0 Å². The normalized spacial score (nSPS) is 18.7. The number of amides is 1. The molecule has 1 amide bonds. The Kier molecular flexibility index (Phi) is 5.39. The molecule has 1 fully saturated rings. The van der Waals surface area contributed by atoms with Crippen molar-refractivity contribution in [1.82, 2.24) is 14.1 Å². The number of hydrogen-bond acceptors (Lipinski definition) is 4. The van der Waals surface area contributed by atoms with Crippen LogP contribution in [0.1, 0.15) is 60.1 Å². The Bertz CT molecular complexity index is 950. The third-order valence-corrected chi connectivity index (χ3v) is 6.92. The highest BCUT2D eigenvalue weighted by molar-refractivity contribution is 7.89. The van der Waals surface area contributed by atoms with E-state index in [0.717, 1.165) is 12.0 Å². The first kappa shape index (κ1) is 19.6. The number of nitrogens with zero attached hydrogens (tertiary/aromatic N) is 3. The van der Waals surface area contributed by atoms with Crippen LogP contribution in [0, 0.1) is 0 Å². The highest BCUT2D eigenvalue weighted by atomic mass is 32.2. The third-order valence-electron chi connectivity index (χ3n) is 5.06. The van der Waals surface area contributed by atoms with Gasteiger partial charge in [-0.1, -0.05) is 26.0 Å². The van der Waals surface area contributed by atoms with E-state index in [4.69, 9.17) is 5.73 Å². The number of nitrogens with two attached hydrogens (primary N) is 1. The van der Waals surface area contributed by atoms with Gasteiger partial charge in [0.1, 0.15) is 0 Å². The van der Waals surface area contributed by atoms with Gasteiger partial charge in [-0.3, -0.25) is 9.48 Å². The Morgan fingerprint density at radius 2 is 2.07 bits per heavy atom. The van der Waals surface area contributed by atoms with Crippen LogP contribution < -0.4 is 5.73 Å². The van der Waals surface area contributed by atoms with E-state index < -0.39 is 15.9 Å². The molecular weight excluding hydrogens is 364 g/mol. The second-order valence-electron chi connectivity index (χ2n) is 7.40. The van der Waals surface area contributed by atoms with Gasteiger partial charge >= 0.3 is 0 Å². The lowest BCUT2D eigenvalue weighted by molar-refractivity contribution is 0.0998. The van der Waals surface area contributed by atoms with Crippen LogP contribution in [-0.2, 0) is 17.1 Å². The van der Waals surface area contributed by atoms with Gasteiger partial charge in [-0.25, -0.2) is 8.42 Å². The molecule has 0 radical (unpaired) electrons. The lowest BCUT2D eigenvalue weighted by Crippen LogP contribution is -2.39. The van der Waals surface area contributed by atoms with Gasteiger partial charge in [-0.2, -0.15) is 9.40 Å². The number of aromatic nitrogens is 2. The monoisotopic (exact) mass is 390 g/mol. The molecule has 1 unspecified atom stereocenters. The summed E-state index contributed by atoms with van der Waals surface area (Å²) in [6, 6.07) is 7.11. The van der Waals surface area contributed by atoms with E-state index in [-0.39, 0.29) is 11.8 Å². The van der Waals surface area contributed by atoms with Crippen LogP contribution in [0.5, 0.6) is 0 Å². The Hall–Kier alpha value is -2.19. The van der Waals surface area contributed by atoms with E-state index in [1.54, 1.807) is 36.1 Å². The van der Waals surface area contributed by atoms with Gasteiger partial charge in [0.25, 0.3) is 5.91 Å². The van der Waals surface area contributed by atoms with Crippen LogP contribution in [0.25, 0.3) is 0 Å². The second kappa shape index (κ2) is 7.44. The molecular formula is C19H26N4O3S. The Morgan fingerprint density at radius 1 is 1.33 bits per heavy atom. The molecule has 2 heterocycles. The minimum atomic E-state index is -3.60. The number of carbonyl (C=O) groups is 1. The highest BCUT2D eigenvalue weighted by Crippen LogP contribution is 2.31. The van der Waals surface area contributed by atoms with Gasteiger partial charge in [0, 0.05) is 32.3 Å². The maximum Gasteiger partial charge on any atom is 0.252 e. The fourth-order valence-electron chi connectivity index (χ4n) is 3.56. The van der Waals surface area contributed by atoms with Gasteiger partial charge in [0.2, 0.25) is 10.0 Å². The average Bonchev–Trinajstić information content (AvgIpc) is 3.04. The van der Waals surface area contributed by atoms with E-state index in [0.29, 0.717) is 35.7 Å². The molecule has 1 aromatic carbocycles. The number of rotatable bonds is 5. The van der Waals surface area contributed by atoms with Crippen LogP contribution >= 0.6 is 0 Å². The van der Waals surface area contributed by atoms with Crippen molar-refractivity contribution in [3.8, 4) is 0 Å². The fraction of sp³-hybridized carbons (Fsp3) is 0.474. The van der Waals surface area contributed by atoms with Crippen molar-refractivity contribution < 1.29 is 13.2 Å². The maximum absolute atomic E-state index is 13.2. The molecule has 1 atom stereocenters. The minimum absolute atomic E-state index is 0.148. The molecule has 0 saturated carbocycles. The lowest BCUT2D eigenvalue weighted by atomic mass is 9.93. The van der Waals surface area contributed by atoms with Crippen LogP contribution in [0.4, 0.5) is 0 Å². The van der Waals surface area contributed by atoms with Crippen LogP contribution in [0.15, 0.2) is 35.4 Å². The molecule has 2 N–H and O–H groups in total. The first-order chi connectivity index (χ1) is 12.7. The number of piperidine rings is 1. The quantitative estimate of drug-likeness (QED) is 0.846. The minimum Gasteiger partial charge on any atom is -0.365 e. The van der Waals surface area contributed by atoms with Crippen molar-refractivity contribution in [1.29, 1.82) is 0 Å². The maximum atomic E-state index is 13.2.